The average molecular weight is 1590 g/mol. The van der Waals surface area contributed by atoms with Crippen LogP contribution in [-0.2, 0) is 28.2 Å². The number of rotatable bonds is 10. The van der Waals surface area contributed by atoms with E-state index in [0.29, 0.717) is 11.1 Å². The number of aromatic nitrogens is 4. The van der Waals surface area contributed by atoms with Crippen molar-refractivity contribution >= 4 is 43.1 Å². The lowest BCUT2D eigenvalue weighted by molar-refractivity contribution is -0.659. The highest BCUT2D eigenvalue weighted by Crippen LogP contribution is 2.57. The molecule has 4 nitrogen and oxygen atoms in total. The van der Waals surface area contributed by atoms with Crippen molar-refractivity contribution in [2.24, 2.45) is 75.5 Å². The van der Waals surface area contributed by atoms with Crippen LogP contribution in [0.2, 0.25) is 0 Å². The molecule has 12 unspecified atom stereocenters. The van der Waals surface area contributed by atoms with E-state index < -0.39 is 0 Å². The summed E-state index contributed by atoms with van der Waals surface area (Å²) in [5, 5.41) is 10.4. The molecule has 8 aliphatic carbocycles. The van der Waals surface area contributed by atoms with Crippen molar-refractivity contribution in [3.63, 3.8) is 0 Å². The summed E-state index contributed by atoms with van der Waals surface area (Å²) in [7, 11) is 8.46. The fourth-order valence-electron chi connectivity index (χ4n) is 25.1. The van der Waals surface area contributed by atoms with Crippen LogP contribution in [0.25, 0.3) is 110 Å². The molecule has 0 amide bonds. The normalized spacial score (nSPS) is 22.8. The van der Waals surface area contributed by atoms with Crippen molar-refractivity contribution in [2.75, 3.05) is 0 Å². The van der Waals surface area contributed by atoms with Gasteiger partial charge in [-0.25, -0.2) is 27.0 Å². The Hall–Kier alpha value is -10.3. The van der Waals surface area contributed by atoms with Crippen molar-refractivity contribution in [1.29, 1.82) is 0 Å². The molecule has 608 valence electrons. The summed E-state index contributed by atoms with van der Waals surface area (Å²) in [5.41, 5.74) is 31.4. The number of halogens is 2. The maximum atomic E-state index is 15.2. The Morgan fingerprint density at radius 2 is 0.617 bits per heavy atom. The minimum atomic E-state index is -0.0941. The van der Waals surface area contributed by atoms with Gasteiger partial charge in [0.05, 0.1) is 32.7 Å². The summed E-state index contributed by atoms with van der Waals surface area (Å²) < 4.78 is 38.5. The lowest BCUT2D eigenvalue weighted by Crippen LogP contribution is -2.31. The smallest absolute Gasteiger partial charge is 0.206 e. The Labute approximate surface area is 712 Å². The average Bonchev–Trinajstić information content (AvgIpc) is 1.08. The fraction of sp³-hybridized carbons (Fsp3) is 0.368. The van der Waals surface area contributed by atoms with Crippen molar-refractivity contribution < 1.29 is 27.0 Å². The van der Waals surface area contributed by atoms with E-state index in [0.717, 1.165) is 115 Å². The van der Waals surface area contributed by atoms with Gasteiger partial charge in [0.25, 0.3) is 0 Å². The van der Waals surface area contributed by atoms with E-state index >= 15 is 4.39 Å². The van der Waals surface area contributed by atoms with Crippen LogP contribution < -0.4 is 18.3 Å². The lowest BCUT2D eigenvalue weighted by atomic mass is 9.82. The quantitative estimate of drug-likeness (QED) is 0.121. The second-order valence-corrected chi connectivity index (χ2v) is 38.9. The molecule has 8 fully saturated rings. The molecule has 8 saturated carbocycles. The van der Waals surface area contributed by atoms with Crippen LogP contribution in [0.3, 0.4) is 0 Å². The third kappa shape index (κ3) is 14.6. The standard InChI is InChI=1S/C32H34N.C30H30N.2C26H29FN/c1-20-6-5-7-21(2)31(20)27-11-12-28(22(3)16-27)32-29-13-10-25(19-26(29)14-15-33(32)4)30-18-23-8-9-24(30)17-23;1-20-16-23(22-6-4-3-5-7-22)10-12-27(20)30-28-13-11-25(19-26(28)14-15-31(30)2)29-18-21-8-9-24(29)17-21;1-15-11-23(16(2)17(3)25(15)27)26-22-8-7-20(14-21(22)9-10-28(26)4)24-13-18-5-6-19(24)12-18;1-15-11-16(2)25(27)24(17(15)3)26-22-8-7-20(14-21(22)9-10-28(26)4)23-13-18-5-6-19(23)12-18/h5-7,10-16,19,23-24,30H,8-9,17-18H2,1-4H3;3-7,10-16,19,21,24,29H,8-9,17-18H2,1-2H3;7-11,14,18-19,24H,5-6,12-13H2,1-4H3;7-11,14,18-19,23H,5-6,12-13H2,1-4H3/q4*+1. The van der Waals surface area contributed by atoms with Gasteiger partial charge in [0, 0.05) is 35.4 Å². The first-order chi connectivity index (χ1) is 58.0. The van der Waals surface area contributed by atoms with Gasteiger partial charge < -0.3 is 0 Å². The highest BCUT2D eigenvalue weighted by molar-refractivity contribution is 5.98. The van der Waals surface area contributed by atoms with E-state index in [9.17, 15) is 4.39 Å². The van der Waals surface area contributed by atoms with Crippen LogP contribution in [0.15, 0.2) is 219 Å². The number of fused-ring (bicyclic) bond motifs is 12. The Morgan fingerprint density at radius 1 is 0.250 bits per heavy atom. The monoisotopic (exact) mass is 1580 g/mol. The molecule has 0 saturated heterocycles. The zero-order valence-corrected chi connectivity index (χ0v) is 73.6. The summed E-state index contributed by atoms with van der Waals surface area (Å²) in [6.45, 7) is 20.7. The molecule has 12 atom stereocenters. The van der Waals surface area contributed by atoms with Gasteiger partial charge in [-0.2, -0.15) is 0 Å². The summed E-state index contributed by atoms with van der Waals surface area (Å²) in [6.07, 6.45) is 31.5. The zero-order valence-electron chi connectivity index (χ0n) is 73.6. The maximum Gasteiger partial charge on any atom is 0.223 e. The number of hydrogen-bond acceptors (Lipinski definition) is 0. The molecule has 0 aliphatic heterocycles. The predicted molar refractivity (Wildman–Crippen MR) is 493 cm³/mol. The largest absolute Gasteiger partial charge is 0.223 e. The van der Waals surface area contributed by atoms with Crippen LogP contribution >= 0.6 is 0 Å². The van der Waals surface area contributed by atoms with Crippen molar-refractivity contribution in [1.82, 2.24) is 0 Å². The third-order valence-electron chi connectivity index (χ3n) is 31.6. The molecule has 22 rings (SSSR count). The van der Waals surface area contributed by atoms with E-state index in [-0.39, 0.29) is 11.6 Å². The molecule has 0 radical (unpaired) electrons. The van der Waals surface area contributed by atoms with Crippen molar-refractivity contribution in [3.8, 4) is 67.3 Å². The fourth-order valence-corrected chi connectivity index (χ4v) is 25.1. The van der Waals surface area contributed by atoms with Crippen LogP contribution in [-0.4, -0.2) is 0 Å². The molecular weight excluding hydrogens is 1460 g/mol. The second kappa shape index (κ2) is 32.3. The molecule has 4 heterocycles. The SMILES string of the molecule is Cc1cc(-c2c(C)cccc2C)ccc1-c1c2ccc(C3CC4CCC3C4)cc2cc[n+]1C.Cc1cc(-c2c3ccc(C4CC5CCC4C5)cc3cc[n+]2C)c(C)c(C)c1F.Cc1cc(-c2ccccc2)ccc1-c1c2ccc(C3CC4CCC3C4)cc2cc[n+]1C.Cc1cc(C)c(F)c(-c2c3ccc(C4CC5CCC4C5)cc3cc[n+]2C)c1C. The van der Waals surface area contributed by atoms with E-state index in [1.807, 2.05) is 53.8 Å². The second-order valence-electron chi connectivity index (χ2n) is 38.9. The third-order valence-corrected chi connectivity index (χ3v) is 31.6. The van der Waals surface area contributed by atoms with Gasteiger partial charge >= 0.3 is 0 Å². The molecule has 8 aliphatic rings. The molecule has 120 heavy (non-hydrogen) atoms. The van der Waals surface area contributed by atoms with Gasteiger partial charge in [0.1, 0.15) is 39.8 Å². The number of nitrogens with zero attached hydrogens (tertiary/aromatic N) is 4. The summed E-state index contributed by atoms with van der Waals surface area (Å²) in [5.74, 6) is 10.4. The van der Waals surface area contributed by atoms with Gasteiger partial charge in [-0.1, -0.05) is 153 Å². The molecule has 0 spiro atoms. The topological polar surface area (TPSA) is 15.5 Å². The molecular formula is C114H122F2N4+4. The molecule has 6 heteroatoms. The van der Waals surface area contributed by atoms with Crippen molar-refractivity contribution in [3.05, 3.63) is 308 Å². The van der Waals surface area contributed by atoms with Crippen LogP contribution in [0.5, 0.6) is 0 Å². The highest BCUT2D eigenvalue weighted by atomic mass is 19.1. The molecule has 8 bridgehead atoms. The first kappa shape index (κ1) is 79.5. The molecule has 10 aromatic carbocycles. The minimum Gasteiger partial charge on any atom is -0.206 e. The predicted octanol–water partition coefficient (Wildman–Crippen LogP) is 27.6. The Morgan fingerprint density at radius 3 is 1.00 bits per heavy atom. The summed E-state index contributed by atoms with van der Waals surface area (Å²) in [4.78, 5) is 0. The zero-order chi connectivity index (χ0) is 82.8. The highest BCUT2D eigenvalue weighted by Gasteiger charge is 2.44. The summed E-state index contributed by atoms with van der Waals surface area (Å²) in [6, 6.07) is 72.7. The lowest BCUT2D eigenvalue weighted by Gasteiger charge is -2.22. The van der Waals surface area contributed by atoms with E-state index in [1.165, 1.54) is 224 Å². The van der Waals surface area contributed by atoms with Crippen LogP contribution in [0, 0.1) is 128 Å². The first-order valence-electron chi connectivity index (χ1n) is 45.6. The van der Waals surface area contributed by atoms with Gasteiger partial charge in [-0.05, 0) is 381 Å². The van der Waals surface area contributed by atoms with Crippen molar-refractivity contribution in [2.45, 2.75) is 196 Å². The Kier molecular flexibility index (Phi) is 21.4. The van der Waals surface area contributed by atoms with Gasteiger partial charge in [-0.15, -0.1) is 0 Å². The number of aryl methyl sites for hydroxylation is 11. The Bertz CT molecular complexity index is 6340. The van der Waals surface area contributed by atoms with Crippen LogP contribution in [0.4, 0.5) is 8.78 Å². The molecule has 0 N–H and O–H groups in total. The van der Waals surface area contributed by atoms with Gasteiger partial charge in [0.15, 0.2) is 24.8 Å². The van der Waals surface area contributed by atoms with Gasteiger partial charge in [-0.3, -0.25) is 0 Å². The van der Waals surface area contributed by atoms with E-state index in [4.69, 9.17) is 0 Å². The first-order valence-corrected chi connectivity index (χ1v) is 45.6. The number of pyridine rings is 4. The molecule has 4 aromatic heterocycles. The van der Waals surface area contributed by atoms with Crippen LogP contribution in [0.1, 0.15) is 204 Å². The summed E-state index contributed by atoms with van der Waals surface area (Å²) >= 11 is 0. The number of benzene rings is 10. The number of hydrogen-bond donors (Lipinski definition) is 0. The van der Waals surface area contributed by atoms with E-state index in [1.54, 1.807) is 11.1 Å². The molecule has 14 aromatic rings. The minimum absolute atomic E-state index is 0.0808. The Balaban J connectivity index is 0.000000106. The van der Waals surface area contributed by atoms with E-state index in [2.05, 4.69) is 281 Å². The maximum absolute atomic E-state index is 15.2. The van der Waals surface area contributed by atoms with Gasteiger partial charge in [0.2, 0.25) is 22.8 Å².